The Morgan fingerprint density at radius 2 is 1.88 bits per heavy atom. The smallest absolute Gasteiger partial charge is 0.230 e. The van der Waals surface area contributed by atoms with Gasteiger partial charge in [0, 0.05) is 29.7 Å². The van der Waals surface area contributed by atoms with Crippen LogP contribution in [0.5, 0.6) is 0 Å². The summed E-state index contributed by atoms with van der Waals surface area (Å²) in [7, 11) is 0. The van der Waals surface area contributed by atoms with Crippen molar-refractivity contribution >= 4 is 28.6 Å². The number of para-hydroxylation sites is 1. The zero-order chi connectivity index (χ0) is 16.8. The molecule has 2 aromatic carbocycles. The molecule has 1 N–H and O–H groups in total. The average molecular weight is 342 g/mol. The standard InChI is InChI=1S/C19H19FN2OS/c20-16-7-2-4-9-18(16)24-14-19(23)21-11-5-12-22-13-10-15-6-1-3-8-17(15)22/h1-4,6-10,13H,5,11-12,14H2,(H,21,23). The van der Waals surface area contributed by atoms with Crippen molar-refractivity contribution in [1.82, 2.24) is 9.88 Å². The Hall–Kier alpha value is -2.27. The first kappa shape index (κ1) is 16.6. The van der Waals surface area contributed by atoms with Crippen LogP contribution in [0.4, 0.5) is 4.39 Å². The van der Waals surface area contributed by atoms with E-state index in [4.69, 9.17) is 0 Å². The number of hydrogen-bond donors (Lipinski definition) is 1. The van der Waals surface area contributed by atoms with Crippen LogP contribution in [-0.4, -0.2) is 22.8 Å². The second kappa shape index (κ2) is 8.02. The molecule has 0 unspecified atom stereocenters. The quantitative estimate of drug-likeness (QED) is 0.518. The number of fused-ring (bicyclic) bond motifs is 1. The zero-order valence-corrected chi connectivity index (χ0v) is 14.1. The van der Waals surface area contributed by atoms with E-state index in [0.29, 0.717) is 11.4 Å². The first-order valence-corrected chi connectivity index (χ1v) is 8.90. The van der Waals surface area contributed by atoms with Gasteiger partial charge >= 0.3 is 0 Å². The SMILES string of the molecule is O=C(CSc1ccccc1F)NCCCn1ccc2ccccc21. The minimum Gasteiger partial charge on any atom is -0.355 e. The number of benzene rings is 2. The number of carbonyl (C=O) groups excluding carboxylic acids is 1. The predicted octanol–water partition coefficient (Wildman–Crippen LogP) is 4.08. The number of aryl methyl sites for hydroxylation is 1. The lowest BCUT2D eigenvalue weighted by molar-refractivity contribution is -0.118. The molecule has 124 valence electrons. The Bertz CT molecular complexity index is 831. The maximum atomic E-state index is 13.5. The van der Waals surface area contributed by atoms with Gasteiger partial charge in [0.25, 0.3) is 0 Å². The van der Waals surface area contributed by atoms with Crippen molar-refractivity contribution in [1.29, 1.82) is 0 Å². The zero-order valence-electron chi connectivity index (χ0n) is 13.2. The number of nitrogens with one attached hydrogen (secondary N) is 1. The van der Waals surface area contributed by atoms with Gasteiger partial charge < -0.3 is 9.88 Å². The van der Waals surface area contributed by atoms with Gasteiger partial charge in [-0.3, -0.25) is 4.79 Å². The van der Waals surface area contributed by atoms with Gasteiger partial charge in [-0.15, -0.1) is 11.8 Å². The van der Waals surface area contributed by atoms with Gasteiger partial charge in [0.15, 0.2) is 0 Å². The minimum atomic E-state index is -0.283. The van der Waals surface area contributed by atoms with E-state index >= 15 is 0 Å². The molecule has 3 rings (SSSR count). The molecule has 1 heterocycles. The molecule has 0 aliphatic rings. The van der Waals surface area contributed by atoms with E-state index in [0.717, 1.165) is 13.0 Å². The summed E-state index contributed by atoms with van der Waals surface area (Å²) in [6.07, 6.45) is 2.93. The van der Waals surface area contributed by atoms with E-state index in [1.165, 1.54) is 28.7 Å². The van der Waals surface area contributed by atoms with Gasteiger partial charge in [0.05, 0.1) is 5.75 Å². The summed E-state index contributed by atoms with van der Waals surface area (Å²) in [6.45, 7) is 1.47. The highest BCUT2D eigenvalue weighted by Crippen LogP contribution is 2.20. The van der Waals surface area contributed by atoms with Crippen LogP contribution in [0.3, 0.4) is 0 Å². The van der Waals surface area contributed by atoms with Crippen LogP contribution in [0, 0.1) is 5.82 Å². The molecule has 0 spiro atoms. The van der Waals surface area contributed by atoms with Crippen LogP contribution < -0.4 is 5.32 Å². The molecule has 5 heteroatoms. The van der Waals surface area contributed by atoms with E-state index < -0.39 is 0 Å². The fourth-order valence-corrected chi connectivity index (χ4v) is 3.34. The van der Waals surface area contributed by atoms with E-state index in [1.54, 1.807) is 18.2 Å². The maximum absolute atomic E-state index is 13.5. The first-order valence-electron chi connectivity index (χ1n) is 7.92. The average Bonchev–Trinajstić information content (AvgIpc) is 3.01. The van der Waals surface area contributed by atoms with Gasteiger partial charge in [0.1, 0.15) is 5.82 Å². The molecule has 0 aliphatic carbocycles. The predicted molar refractivity (Wildman–Crippen MR) is 96.7 cm³/mol. The Balaban J connectivity index is 1.40. The number of aromatic nitrogens is 1. The third kappa shape index (κ3) is 4.17. The molecule has 3 aromatic rings. The number of nitrogens with zero attached hydrogens (tertiary/aromatic N) is 1. The molecule has 0 aliphatic heterocycles. The number of carbonyl (C=O) groups is 1. The molecule has 0 saturated heterocycles. The molecule has 3 nitrogen and oxygen atoms in total. The van der Waals surface area contributed by atoms with Crippen molar-refractivity contribution in [2.45, 2.75) is 17.9 Å². The highest BCUT2D eigenvalue weighted by Gasteiger charge is 2.06. The normalized spacial score (nSPS) is 10.9. The van der Waals surface area contributed by atoms with Crippen molar-refractivity contribution in [3.63, 3.8) is 0 Å². The summed E-state index contributed by atoms with van der Waals surface area (Å²) in [5.41, 5.74) is 1.21. The maximum Gasteiger partial charge on any atom is 0.230 e. The number of hydrogen-bond acceptors (Lipinski definition) is 2. The molecule has 0 saturated carbocycles. The van der Waals surface area contributed by atoms with Crippen molar-refractivity contribution in [3.8, 4) is 0 Å². The molecule has 0 radical (unpaired) electrons. The monoisotopic (exact) mass is 342 g/mol. The van der Waals surface area contributed by atoms with Gasteiger partial charge in [0.2, 0.25) is 5.91 Å². The van der Waals surface area contributed by atoms with E-state index in [2.05, 4.69) is 34.3 Å². The van der Waals surface area contributed by atoms with Gasteiger partial charge in [-0.2, -0.15) is 0 Å². The largest absolute Gasteiger partial charge is 0.355 e. The van der Waals surface area contributed by atoms with E-state index in [1.807, 2.05) is 12.1 Å². The number of thioether (sulfide) groups is 1. The van der Waals surface area contributed by atoms with Crippen LogP contribution in [0.1, 0.15) is 6.42 Å². The molecule has 0 atom stereocenters. The Kier molecular flexibility index (Phi) is 5.54. The summed E-state index contributed by atoms with van der Waals surface area (Å²) in [5.74, 6) is -0.122. The molecule has 24 heavy (non-hydrogen) atoms. The van der Waals surface area contributed by atoms with Crippen molar-refractivity contribution in [2.75, 3.05) is 12.3 Å². The molecule has 0 bridgehead atoms. The molecular formula is C19H19FN2OS. The van der Waals surface area contributed by atoms with Crippen LogP contribution in [-0.2, 0) is 11.3 Å². The number of rotatable bonds is 7. The summed E-state index contributed by atoms with van der Waals surface area (Å²) >= 11 is 1.22. The highest BCUT2D eigenvalue weighted by atomic mass is 32.2. The van der Waals surface area contributed by atoms with E-state index in [9.17, 15) is 9.18 Å². The van der Waals surface area contributed by atoms with Gasteiger partial charge in [-0.05, 0) is 36.1 Å². The summed E-state index contributed by atoms with van der Waals surface area (Å²) < 4.78 is 15.7. The summed E-state index contributed by atoms with van der Waals surface area (Å²) in [4.78, 5) is 12.3. The van der Waals surface area contributed by atoms with Gasteiger partial charge in [-0.25, -0.2) is 4.39 Å². The summed E-state index contributed by atoms with van der Waals surface area (Å²) in [6, 6.07) is 16.8. The minimum absolute atomic E-state index is 0.0689. The molecule has 1 amide bonds. The van der Waals surface area contributed by atoms with Crippen molar-refractivity contribution < 1.29 is 9.18 Å². The Morgan fingerprint density at radius 1 is 1.08 bits per heavy atom. The third-order valence-corrected chi connectivity index (χ3v) is 4.82. The lowest BCUT2D eigenvalue weighted by Crippen LogP contribution is -2.26. The lowest BCUT2D eigenvalue weighted by Gasteiger charge is -2.07. The van der Waals surface area contributed by atoms with Gasteiger partial charge in [-0.1, -0.05) is 30.3 Å². The van der Waals surface area contributed by atoms with Crippen molar-refractivity contribution in [2.24, 2.45) is 0 Å². The topological polar surface area (TPSA) is 34.0 Å². The first-order chi connectivity index (χ1) is 11.7. The summed E-state index contributed by atoms with van der Waals surface area (Å²) in [5, 5.41) is 4.11. The van der Waals surface area contributed by atoms with Crippen LogP contribution >= 0.6 is 11.8 Å². The van der Waals surface area contributed by atoms with Crippen LogP contribution in [0.2, 0.25) is 0 Å². The fraction of sp³-hybridized carbons (Fsp3) is 0.211. The second-order valence-electron chi connectivity index (χ2n) is 5.49. The van der Waals surface area contributed by atoms with Crippen LogP contribution in [0.25, 0.3) is 10.9 Å². The highest BCUT2D eigenvalue weighted by molar-refractivity contribution is 8.00. The second-order valence-corrected chi connectivity index (χ2v) is 6.51. The Labute approximate surface area is 144 Å². The van der Waals surface area contributed by atoms with Crippen LogP contribution in [0.15, 0.2) is 65.7 Å². The number of amides is 1. The fourth-order valence-electron chi connectivity index (χ4n) is 2.57. The number of halogens is 1. The third-order valence-electron chi connectivity index (χ3n) is 3.77. The molecular weight excluding hydrogens is 323 g/mol. The Morgan fingerprint density at radius 3 is 2.75 bits per heavy atom. The van der Waals surface area contributed by atoms with Crippen molar-refractivity contribution in [3.05, 3.63) is 66.6 Å². The molecule has 0 fully saturated rings. The lowest BCUT2D eigenvalue weighted by atomic mass is 10.2. The molecule has 1 aromatic heterocycles. The van der Waals surface area contributed by atoms with E-state index in [-0.39, 0.29) is 17.5 Å².